The predicted octanol–water partition coefficient (Wildman–Crippen LogP) is 2.99. The van der Waals surface area contributed by atoms with E-state index in [1.807, 2.05) is 20.8 Å². The number of likely N-dealkylation sites (tertiary alicyclic amines) is 1. The molecule has 0 spiro atoms. The third kappa shape index (κ3) is 6.01. The van der Waals surface area contributed by atoms with Gasteiger partial charge < -0.3 is 24.4 Å². The Morgan fingerprint density at radius 1 is 1.04 bits per heavy atom. The first-order valence-electron chi connectivity index (χ1n) is 9.70. The summed E-state index contributed by atoms with van der Waals surface area (Å²) >= 11 is 0. The zero-order chi connectivity index (χ0) is 20.1. The molecule has 8 heteroatoms. The van der Waals surface area contributed by atoms with Gasteiger partial charge in [-0.1, -0.05) is 19.3 Å². The molecule has 0 atom stereocenters. The van der Waals surface area contributed by atoms with Gasteiger partial charge >= 0.3 is 18.2 Å². The van der Waals surface area contributed by atoms with E-state index < -0.39 is 23.2 Å². The zero-order valence-electron chi connectivity index (χ0n) is 16.8. The molecule has 154 valence electrons. The summed E-state index contributed by atoms with van der Waals surface area (Å²) in [5.41, 5.74) is -1.52. The van der Waals surface area contributed by atoms with Gasteiger partial charge in [0, 0.05) is 25.9 Å². The summed E-state index contributed by atoms with van der Waals surface area (Å²) in [4.78, 5) is 38.3. The summed E-state index contributed by atoms with van der Waals surface area (Å²) in [7, 11) is 1.33. The third-order valence-corrected chi connectivity index (χ3v) is 4.99. The van der Waals surface area contributed by atoms with E-state index in [1.165, 1.54) is 7.11 Å². The van der Waals surface area contributed by atoms with Crippen LogP contribution in [0.4, 0.5) is 9.59 Å². The Balaban J connectivity index is 1.83. The van der Waals surface area contributed by atoms with Crippen molar-refractivity contribution in [1.82, 2.24) is 10.2 Å². The summed E-state index contributed by atoms with van der Waals surface area (Å²) < 4.78 is 15.8. The van der Waals surface area contributed by atoms with E-state index in [9.17, 15) is 14.4 Å². The number of hydrogen-bond donors (Lipinski definition) is 1. The van der Waals surface area contributed by atoms with E-state index in [4.69, 9.17) is 14.2 Å². The number of carbonyl (C=O) groups is 3. The van der Waals surface area contributed by atoms with E-state index >= 15 is 0 Å². The van der Waals surface area contributed by atoms with Crippen LogP contribution in [0, 0.1) is 0 Å². The molecule has 0 bridgehead atoms. The molecule has 0 radical (unpaired) electrons. The molecule has 2 rings (SSSR count). The second-order valence-corrected chi connectivity index (χ2v) is 8.33. The molecular formula is C19H32N2O6. The maximum atomic E-state index is 12.4. The van der Waals surface area contributed by atoms with Gasteiger partial charge in [0.25, 0.3) is 0 Å². The van der Waals surface area contributed by atoms with Crippen LogP contribution in [0.2, 0.25) is 0 Å². The highest BCUT2D eigenvalue weighted by Crippen LogP contribution is 2.29. The van der Waals surface area contributed by atoms with E-state index in [0.717, 1.165) is 19.3 Å². The molecule has 0 aromatic rings. The topological polar surface area (TPSA) is 94.2 Å². The average molecular weight is 384 g/mol. The van der Waals surface area contributed by atoms with Gasteiger partial charge in [-0.25, -0.2) is 14.4 Å². The van der Waals surface area contributed by atoms with Crippen LogP contribution in [0.25, 0.3) is 0 Å². The van der Waals surface area contributed by atoms with Crippen LogP contribution in [0.3, 0.4) is 0 Å². The molecule has 0 aromatic heterocycles. The van der Waals surface area contributed by atoms with E-state index in [-0.39, 0.29) is 12.2 Å². The first-order chi connectivity index (χ1) is 12.6. The Morgan fingerprint density at radius 2 is 1.63 bits per heavy atom. The Labute approximate surface area is 160 Å². The van der Waals surface area contributed by atoms with Crippen LogP contribution >= 0.6 is 0 Å². The number of rotatable bonds is 3. The van der Waals surface area contributed by atoms with Gasteiger partial charge in [-0.2, -0.15) is 0 Å². The standard InChI is InChI=1S/C19H32N2O6/c1-18(2,3)27-17(24)21-12-8-14(9-13-21)26-16(23)20-19(15(22)25-4)10-6-5-7-11-19/h14H,5-13H2,1-4H3,(H,20,23). The minimum Gasteiger partial charge on any atom is -0.467 e. The summed E-state index contributed by atoms with van der Waals surface area (Å²) in [5, 5.41) is 2.75. The first kappa shape index (κ1) is 21.3. The lowest BCUT2D eigenvalue weighted by Crippen LogP contribution is -2.57. The van der Waals surface area contributed by atoms with Crippen LogP contribution in [-0.4, -0.2) is 60.5 Å². The largest absolute Gasteiger partial charge is 0.467 e. The second kappa shape index (κ2) is 8.80. The van der Waals surface area contributed by atoms with Crippen molar-refractivity contribution in [1.29, 1.82) is 0 Å². The molecule has 8 nitrogen and oxygen atoms in total. The van der Waals surface area contributed by atoms with Crippen molar-refractivity contribution in [3.63, 3.8) is 0 Å². The van der Waals surface area contributed by atoms with Gasteiger partial charge in [-0.15, -0.1) is 0 Å². The highest BCUT2D eigenvalue weighted by Gasteiger charge is 2.43. The van der Waals surface area contributed by atoms with Crippen molar-refractivity contribution in [2.24, 2.45) is 0 Å². The number of piperidine rings is 1. The van der Waals surface area contributed by atoms with E-state index in [2.05, 4.69) is 5.32 Å². The highest BCUT2D eigenvalue weighted by molar-refractivity contribution is 5.85. The lowest BCUT2D eigenvalue weighted by molar-refractivity contribution is -0.150. The van der Waals surface area contributed by atoms with Gasteiger partial charge in [0.2, 0.25) is 0 Å². The van der Waals surface area contributed by atoms with Crippen molar-refractivity contribution < 1.29 is 28.6 Å². The minimum absolute atomic E-state index is 0.290. The monoisotopic (exact) mass is 384 g/mol. The summed E-state index contributed by atoms with van der Waals surface area (Å²) in [6.07, 6.45) is 3.73. The van der Waals surface area contributed by atoms with Crippen LogP contribution in [0.15, 0.2) is 0 Å². The molecule has 2 fully saturated rings. The molecule has 1 heterocycles. The molecule has 1 N–H and O–H groups in total. The molecule has 27 heavy (non-hydrogen) atoms. The smallest absolute Gasteiger partial charge is 0.410 e. The normalized spacial score (nSPS) is 20.5. The number of nitrogens with one attached hydrogen (secondary N) is 1. The predicted molar refractivity (Wildman–Crippen MR) is 98.3 cm³/mol. The number of alkyl carbamates (subject to hydrolysis) is 1. The van der Waals surface area contributed by atoms with Crippen molar-refractivity contribution in [3.8, 4) is 0 Å². The van der Waals surface area contributed by atoms with Crippen LogP contribution in [0.1, 0.15) is 65.7 Å². The van der Waals surface area contributed by atoms with Gasteiger partial charge in [-0.05, 0) is 33.6 Å². The molecule has 1 aliphatic heterocycles. The zero-order valence-corrected chi connectivity index (χ0v) is 16.8. The molecule has 1 saturated heterocycles. The number of amides is 2. The van der Waals surface area contributed by atoms with Crippen molar-refractivity contribution >= 4 is 18.2 Å². The van der Waals surface area contributed by atoms with E-state index in [1.54, 1.807) is 4.90 Å². The van der Waals surface area contributed by atoms with Crippen molar-refractivity contribution in [3.05, 3.63) is 0 Å². The number of hydrogen-bond acceptors (Lipinski definition) is 6. The van der Waals surface area contributed by atoms with Gasteiger partial charge in [0.15, 0.2) is 0 Å². The van der Waals surface area contributed by atoms with Gasteiger partial charge in [-0.3, -0.25) is 0 Å². The Kier molecular flexibility index (Phi) is 6.95. The fourth-order valence-electron chi connectivity index (χ4n) is 3.59. The average Bonchev–Trinajstić information content (AvgIpc) is 2.60. The maximum absolute atomic E-state index is 12.4. The number of methoxy groups -OCH3 is 1. The van der Waals surface area contributed by atoms with Crippen LogP contribution in [0.5, 0.6) is 0 Å². The molecule has 1 aliphatic carbocycles. The number of esters is 1. The number of carbonyl (C=O) groups excluding carboxylic acids is 3. The number of ether oxygens (including phenoxy) is 3. The van der Waals surface area contributed by atoms with Crippen molar-refractivity contribution in [2.45, 2.75) is 83.0 Å². The molecule has 2 amide bonds. The Morgan fingerprint density at radius 3 is 2.15 bits per heavy atom. The highest BCUT2D eigenvalue weighted by atomic mass is 16.6. The lowest BCUT2D eigenvalue weighted by Gasteiger charge is -2.36. The third-order valence-electron chi connectivity index (χ3n) is 4.99. The first-order valence-corrected chi connectivity index (χ1v) is 9.70. The second-order valence-electron chi connectivity index (χ2n) is 8.33. The van der Waals surface area contributed by atoms with E-state index in [0.29, 0.717) is 38.8 Å². The molecule has 1 saturated carbocycles. The molecule has 0 aromatic carbocycles. The Bertz CT molecular complexity index is 543. The molecular weight excluding hydrogens is 352 g/mol. The summed E-state index contributed by atoms with van der Waals surface area (Å²) in [6, 6.07) is 0. The van der Waals surface area contributed by atoms with Crippen molar-refractivity contribution in [2.75, 3.05) is 20.2 Å². The minimum atomic E-state index is -0.985. The SMILES string of the molecule is COC(=O)C1(NC(=O)OC2CCN(C(=O)OC(C)(C)C)CC2)CCCCC1. The molecule has 0 unspecified atom stereocenters. The summed E-state index contributed by atoms with van der Waals surface area (Å²) in [5.74, 6) is -0.418. The summed E-state index contributed by atoms with van der Waals surface area (Å²) in [6.45, 7) is 6.42. The quantitative estimate of drug-likeness (QED) is 0.594. The fourth-order valence-corrected chi connectivity index (χ4v) is 3.59. The fraction of sp³-hybridized carbons (Fsp3) is 0.842. The van der Waals surface area contributed by atoms with Gasteiger partial charge in [0.05, 0.1) is 7.11 Å². The molecule has 2 aliphatic rings. The number of nitrogens with zero attached hydrogens (tertiary/aromatic N) is 1. The Hall–Kier alpha value is -1.99. The lowest BCUT2D eigenvalue weighted by atomic mass is 9.82. The van der Waals surface area contributed by atoms with Crippen LogP contribution < -0.4 is 5.32 Å². The van der Waals surface area contributed by atoms with Gasteiger partial charge in [0.1, 0.15) is 17.2 Å². The van der Waals surface area contributed by atoms with Crippen LogP contribution in [-0.2, 0) is 19.0 Å². The maximum Gasteiger partial charge on any atom is 0.410 e.